The second-order valence-corrected chi connectivity index (χ2v) is 5.88. The molecule has 0 saturated heterocycles. The lowest BCUT2D eigenvalue weighted by atomic mass is 10.1. The molecule has 3 aromatic rings. The highest BCUT2D eigenvalue weighted by atomic mass is 19.1. The molecule has 8 heteroatoms. The van der Waals surface area contributed by atoms with E-state index < -0.39 is 0 Å². The summed E-state index contributed by atoms with van der Waals surface area (Å²) < 4.78 is 19.0. The van der Waals surface area contributed by atoms with E-state index in [9.17, 15) is 4.39 Å². The fourth-order valence-corrected chi connectivity index (χ4v) is 2.42. The van der Waals surface area contributed by atoms with Gasteiger partial charge in [-0.2, -0.15) is 0 Å². The van der Waals surface area contributed by atoms with E-state index in [2.05, 4.69) is 30.8 Å². The molecule has 1 unspecified atom stereocenters. The lowest BCUT2D eigenvalue weighted by Gasteiger charge is -2.18. The lowest BCUT2D eigenvalue weighted by Crippen LogP contribution is -2.38. The van der Waals surface area contributed by atoms with Crippen LogP contribution in [0.25, 0.3) is 11.6 Å². The SMILES string of the molecule is CN=C(NCc1nc(-c2ccco2)n[nH]1)NC(C)c1ccc(C)c(F)c1. The molecule has 1 aromatic carbocycles. The zero-order chi connectivity index (χ0) is 18.5. The van der Waals surface area contributed by atoms with Gasteiger partial charge in [0.1, 0.15) is 11.6 Å². The first-order chi connectivity index (χ1) is 12.6. The number of rotatable bonds is 5. The van der Waals surface area contributed by atoms with E-state index >= 15 is 0 Å². The van der Waals surface area contributed by atoms with Crippen LogP contribution in [0.1, 0.15) is 29.9 Å². The maximum Gasteiger partial charge on any atom is 0.216 e. The Morgan fingerprint density at radius 3 is 2.92 bits per heavy atom. The zero-order valence-electron chi connectivity index (χ0n) is 14.9. The summed E-state index contributed by atoms with van der Waals surface area (Å²) in [5.74, 6) is 2.11. The summed E-state index contributed by atoms with van der Waals surface area (Å²) in [4.78, 5) is 8.55. The van der Waals surface area contributed by atoms with Crippen LogP contribution in [0.4, 0.5) is 4.39 Å². The third-order valence-corrected chi connectivity index (χ3v) is 3.97. The number of guanidine groups is 1. The highest BCUT2D eigenvalue weighted by Crippen LogP contribution is 2.16. The highest BCUT2D eigenvalue weighted by molar-refractivity contribution is 5.80. The third-order valence-electron chi connectivity index (χ3n) is 3.97. The third kappa shape index (κ3) is 4.08. The van der Waals surface area contributed by atoms with Gasteiger partial charge in [-0.05, 0) is 43.2 Å². The molecule has 0 radical (unpaired) electrons. The van der Waals surface area contributed by atoms with Crippen molar-refractivity contribution in [3.05, 3.63) is 59.4 Å². The molecule has 26 heavy (non-hydrogen) atoms. The summed E-state index contributed by atoms with van der Waals surface area (Å²) >= 11 is 0. The van der Waals surface area contributed by atoms with Crippen molar-refractivity contribution in [3.8, 4) is 11.6 Å². The zero-order valence-corrected chi connectivity index (χ0v) is 14.9. The van der Waals surface area contributed by atoms with Gasteiger partial charge in [0, 0.05) is 7.05 Å². The molecule has 1 atom stereocenters. The van der Waals surface area contributed by atoms with Crippen molar-refractivity contribution in [1.29, 1.82) is 0 Å². The second-order valence-electron chi connectivity index (χ2n) is 5.88. The van der Waals surface area contributed by atoms with E-state index in [-0.39, 0.29) is 11.9 Å². The van der Waals surface area contributed by atoms with E-state index in [1.807, 2.05) is 13.0 Å². The maximum absolute atomic E-state index is 13.7. The minimum absolute atomic E-state index is 0.107. The molecule has 0 fully saturated rings. The van der Waals surface area contributed by atoms with Crippen LogP contribution < -0.4 is 10.6 Å². The predicted molar refractivity (Wildman–Crippen MR) is 97.0 cm³/mol. The number of nitrogens with one attached hydrogen (secondary N) is 3. The van der Waals surface area contributed by atoms with Crippen molar-refractivity contribution >= 4 is 5.96 Å². The first-order valence-corrected chi connectivity index (χ1v) is 8.25. The standard InChI is InChI=1S/C18H21FN6O/c1-11-6-7-13(9-14(11)19)12(2)22-18(20-3)21-10-16-23-17(25-24-16)15-5-4-8-26-15/h4-9,12H,10H2,1-3H3,(H2,20,21,22)(H,23,24,25). The van der Waals surface area contributed by atoms with E-state index in [1.165, 1.54) is 6.07 Å². The fourth-order valence-electron chi connectivity index (χ4n) is 2.42. The van der Waals surface area contributed by atoms with Crippen LogP contribution in [-0.2, 0) is 6.54 Å². The summed E-state index contributed by atoms with van der Waals surface area (Å²) in [5, 5.41) is 13.4. The smallest absolute Gasteiger partial charge is 0.216 e. The van der Waals surface area contributed by atoms with Crippen molar-refractivity contribution in [2.24, 2.45) is 4.99 Å². The number of H-pyrrole nitrogens is 1. The molecular formula is C18H21FN6O. The van der Waals surface area contributed by atoms with Crippen molar-refractivity contribution in [2.75, 3.05) is 7.05 Å². The minimum atomic E-state index is -0.216. The van der Waals surface area contributed by atoms with Gasteiger partial charge in [0.05, 0.1) is 18.8 Å². The average Bonchev–Trinajstić information content (AvgIpc) is 3.32. The Morgan fingerprint density at radius 1 is 1.38 bits per heavy atom. The Morgan fingerprint density at radius 2 is 2.23 bits per heavy atom. The molecule has 3 rings (SSSR count). The van der Waals surface area contributed by atoms with Gasteiger partial charge in [0.15, 0.2) is 11.7 Å². The van der Waals surface area contributed by atoms with Crippen molar-refractivity contribution < 1.29 is 8.81 Å². The Labute approximate surface area is 150 Å². The quantitative estimate of drug-likeness (QED) is 0.483. The molecule has 0 spiro atoms. The Hall–Kier alpha value is -3.16. The molecule has 0 saturated carbocycles. The average molecular weight is 356 g/mol. The first kappa shape index (κ1) is 17.7. The van der Waals surface area contributed by atoms with E-state index in [4.69, 9.17) is 4.42 Å². The van der Waals surface area contributed by atoms with Crippen LogP contribution in [-0.4, -0.2) is 28.2 Å². The van der Waals surface area contributed by atoms with Crippen LogP contribution in [0.15, 0.2) is 46.0 Å². The number of halogens is 1. The van der Waals surface area contributed by atoms with Gasteiger partial charge in [-0.15, -0.1) is 5.10 Å². The number of hydrogen-bond acceptors (Lipinski definition) is 4. The summed E-state index contributed by atoms with van der Waals surface area (Å²) in [6.45, 7) is 4.09. The number of furan rings is 1. The van der Waals surface area contributed by atoms with Gasteiger partial charge in [0.25, 0.3) is 0 Å². The van der Waals surface area contributed by atoms with Gasteiger partial charge in [-0.1, -0.05) is 12.1 Å². The monoisotopic (exact) mass is 356 g/mol. The van der Waals surface area contributed by atoms with Crippen LogP contribution in [0.2, 0.25) is 0 Å². The number of hydrogen-bond donors (Lipinski definition) is 3. The molecule has 0 bridgehead atoms. The predicted octanol–water partition coefficient (Wildman–Crippen LogP) is 2.94. The number of aromatic amines is 1. The van der Waals surface area contributed by atoms with Crippen molar-refractivity contribution in [1.82, 2.24) is 25.8 Å². The minimum Gasteiger partial charge on any atom is -0.461 e. The molecule has 2 aromatic heterocycles. The fraction of sp³-hybridized carbons (Fsp3) is 0.278. The Bertz CT molecular complexity index is 887. The summed E-state index contributed by atoms with van der Waals surface area (Å²) in [6, 6.07) is 8.67. The van der Waals surface area contributed by atoms with Gasteiger partial charge in [0.2, 0.25) is 5.82 Å². The highest BCUT2D eigenvalue weighted by Gasteiger charge is 2.11. The second kappa shape index (κ2) is 7.81. The van der Waals surface area contributed by atoms with Gasteiger partial charge in [-0.3, -0.25) is 10.1 Å². The van der Waals surface area contributed by atoms with Gasteiger partial charge >= 0.3 is 0 Å². The summed E-state index contributed by atoms with van der Waals surface area (Å²) in [5.41, 5.74) is 1.47. The van der Waals surface area contributed by atoms with E-state index in [0.717, 1.165) is 5.56 Å². The van der Waals surface area contributed by atoms with Crippen LogP contribution in [0, 0.1) is 12.7 Å². The van der Waals surface area contributed by atoms with E-state index in [1.54, 1.807) is 38.4 Å². The Kier molecular flexibility index (Phi) is 5.31. The Balaban J connectivity index is 1.58. The largest absolute Gasteiger partial charge is 0.461 e. The topological polar surface area (TPSA) is 91.1 Å². The van der Waals surface area contributed by atoms with Crippen molar-refractivity contribution in [3.63, 3.8) is 0 Å². The molecule has 0 aliphatic carbocycles. The van der Waals surface area contributed by atoms with Crippen LogP contribution in [0.3, 0.4) is 0 Å². The maximum atomic E-state index is 13.7. The normalized spacial score (nSPS) is 12.8. The molecule has 0 aliphatic rings. The molecule has 136 valence electrons. The molecule has 0 aliphatic heterocycles. The molecule has 3 N–H and O–H groups in total. The van der Waals surface area contributed by atoms with Crippen molar-refractivity contribution in [2.45, 2.75) is 26.4 Å². The van der Waals surface area contributed by atoms with Crippen LogP contribution in [0.5, 0.6) is 0 Å². The van der Waals surface area contributed by atoms with E-state index in [0.29, 0.717) is 35.5 Å². The number of benzene rings is 1. The number of aliphatic imine (C=N–C) groups is 1. The van der Waals surface area contributed by atoms with Gasteiger partial charge < -0.3 is 15.1 Å². The van der Waals surface area contributed by atoms with Gasteiger partial charge in [-0.25, -0.2) is 9.37 Å². The molecule has 2 heterocycles. The number of aromatic nitrogens is 3. The summed E-state index contributed by atoms with van der Waals surface area (Å²) in [6.07, 6.45) is 1.57. The lowest BCUT2D eigenvalue weighted by molar-refractivity contribution is 0.577. The summed E-state index contributed by atoms with van der Waals surface area (Å²) in [7, 11) is 1.67. The number of aryl methyl sites for hydroxylation is 1. The molecular weight excluding hydrogens is 335 g/mol. The number of nitrogens with zero attached hydrogens (tertiary/aromatic N) is 3. The molecule has 0 amide bonds. The first-order valence-electron chi connectivity index (χ1n) is 8.25. The molecule has 7 nitrogen and oxygen atoms in total. The van der Waals surface area contributed by atoms with Crippen LogP contribution >= 0.6 is 0 Å².